The van der Waals surface area contributed by atoms with Gasteiger partial charge >= 0.3 is 5.97 Å². The third-order valence-electron chi connectivity index (χ3n) is 1.63. The summed E-state index contributed by atoms with van der Waals surface area (Å²) in [5.74, 6) is -0.708. The van der Waals surface area contributed by atoms with E-state index in [1.807, 2.05) is 0 Å². The van der Waals surface area contributed by atoms with E-state index < -0.39 is 31.4 Å². The summed E-state index contributed by atoms with van der Waals surface area (Å²) in [5, 5.41) is 26.3. The molecule has 0 aliphatic rings. The first-order valence-corrected chi connectivity index (χ1v) is 4.46. The van der Waals surface area contributed by atoms with E-state index in [9.17, 15) is 4.79 Å². The van der Waals surface area contributed by atoms with E-state index >= 15 is 0 Å². The van der Waals surface area contributed by atoms with Gasteiger partial charge in [-0.3, -0.25) is 0 Å². The second-order valence-electron chi connectivity index (χ2n) is 2.68. The van der Waals surface area contributed by atoms with Crippen LogP contribution in [0.3, 0.4) is 0 Å². The molecule has 0 saturated heterocycles. The summed E-state index contributed by atoms with van der Waals surface area (Å²) in [4.78, 5) is 10.8. The molecule has 6 heteroatoms. The molecule has 0 unspecified atom stereocenters. The molecule has 0 rings (SSSR count). The molecule has 0 saturated carbocycles. The van der Waals surface area contributed by atoms with Crippen LogP contribution in [0.5, 0.6) is 0 Å². The van der Waals surface area contributed by atoms with Gasteiger partial charge in [0.2, 0.25) is 0 Å². The number of aliphatic hydroxyl groups excluding tert-OH is 3. The van der Waals surface area contributed by atoms with E-state index in [0.717, 1.165) is 6.08 Å². The smallest absolute Gasteiger partial charge is 0.330 e. The summed E-state index contributed by atoms with van der Waals surface area (Å²) in [7, 11) is 0. The maximum atomic E-state index is 10.8. The molecular weight excluding hydrogens is 204 g/mol. The zero-order valence-electron chi connectivity index (χ0n) is 8.33. The lowest BCUT2D eigenvalue weighted by Gasteiger charge is -2.23. The lowest BCUT2D eigenvalue weighted by atomic mass is 10.2. The van der Waals surface area contributed by atoms with Gasteiger partial charge in [0.15, 0.2) is 6.10 Å². The fourth-order valence-electron chi connectivity index (χ4n) is 0.910. The highest BCUT2D eigenvalue weighted by atomic mass is 16.6. The van der Waals surface area contributed by atoms with Gasteiger partial charge in [-0.25, -0.2) is 4.79 Å². The largest absolute Gasteiger partial charge is 0.454 e. The SMILES string of the molecule is C=CC(=O)O[C@@H](CO)[C@@H](CO)OCCO. The van der Waals surface area contributed by atoms with E-state index in [2.05, 4.69) is 6.58 Å². The molecule has 0 aromatic rings. The average Bonchev–Trinajstić information content (AvgIpc) is 2.27. The first-order valence-electron chi connectivity index (χ1n) is 4.46. The Hall–Kier alpha value is -0.950. The van der Waals surface area contributed by atoms with Crippen molar-refractivity contribution in [2.24, 2.45) is 0 Å². The standard InChI is InChI=1S/C9H16O6/c1-2-9(13)15-8(6-12)7(5-11)14-4-3-10/h2,7-8,10-12H,1,3-6H2/t7-,8+/m1/s1. The lowest BCUT2D eigenvalue weighted by molar-refractivity contribution is -0.159. The number of rotatable bonds is 8. The Morgan fingerprint density at radius 2 is 1.87 bits per heavy atom. The molecule has 0 aromatic carbocycles. The Morgan fingerprint density at radius 3 is 2.27 bits per heavy atom. The molecule has 0 bridgehead atoms. The van der Waals surface area contributed by atoms with Gasteiger partial charge in [0.05, 0.1) is 26.4 Å². The first-order chi connectivity index (χ1) is 7.19. The van der Waals surface area contributed by atoms with Crippen molar-refractivity contribution in [3.63, 3.8) is 0 Å². The Balaban J connectivity index is 4.19. The molecule has 3 N–H and O–H groups in total. The summed E-state index contributed by atoms with van der Waals surface area (Å²) < 4.78 is 9.69. The number of aliphatic hydroxyl groups is 3. The second-order valence-corrected chi connectivity index (χ2v) is 2.68. The Bertz CT molecular complexity index is 193. The molecule has 88 valence electrons. The Kier molecular flexibility index (Phi) is 7.84. The van der Waals surface area contributed by atoms with Crippen molar-refractivity contribution in [3.8, 4) is 0 Å². The fourth-order valence-corrected chi connectivity index (χ4v) is 0.910. The van der Waals surface area contributed by atoms with Crippen molar-refractivity contribution in [2.45, 2.75) is 12.2 Å². The van der Waals surface area contributed by atoms with Crippen LogP contribution in [-0.2, 0) is 14.3 Å². The van der Waals surface area contributed by atoms with Crippen molar-refractivity contribution in [1.82, 2.24) is 0 Å². The third kappa shape index (κ3) is 5.48. The van der Waals surface area contributed by atoms with Crippen LogP contribution in [0.15, 0.2) is 12.7 Å². The Labute approximate surface area is 87.7 Å². The number of carbonyl (C=O) groups excluding carboxylic acids is 1. The van der Waals surface area contributed by atoms with Crippen molar-refractivity contribution in [2.75, 3.05) is 26.4 Å². The molecule has 0 amide bonds. The molecule has 0 spiro atoms. The monoisotopic (exact) mass is 220 g/mol. The van der Waals surface area contributed by atoms with Crippen molar-refractivity contribution >= 4 is 5.97 Å². The highest BCUT2D eigenvalue weighted by molar-refractivity contribution is 5.81. The van der Waals surface area contributed by atoms with E-state index in [1.165, 1.54) is 0 Å². The molecule has 0 aliphatic carbocycles. The highest BCUT2D eigenvalue weighted by Gasteiger charge is 2.23. The zero-order valence-corrected chi connectivity index (χ0v) is 8.33. The van der Waals surface area contributed by atoms with Gasteiger partial charge in [-0.2, -0.15) is 0 Å². The summed E-state index contributed by atoms with van der Waals surface area (Å²) in [6.45, 7) is 2.07. The molecule has 0 aliphatic heterocycles. The number of hydrogen-bond donors (Lipinski definition) is 3. The molecule has 15 heavy (non-hydrogen) atoms. The predicted molar refractivity (Wildman–Crippen MR) is 51.1 cm³/mol. The average molecular weight is 220 g/mol. The van der Waals surface area contributed by atoms with Crippen LogP contribution >= 0.6 is 0 Å². The number of carbonyl (C=O) groups is 1. The van der Waals surface area contributed by atoms with Crippen LogP contribution in [0.4, 0.5) is 0 Å². The van der Waals surface area contributed by atoms with Crippen molar-refractivity contribution in [1.29, 1.82) is 0 Å². The van der Waals surface area contributed by atoms with E-state index in [-0.39, 0.29) is 13.2 Å². The normalized spacial score (nSPS) is 14.3. The van der Waals surface area contributed by atoms with E-state index in [0.29, 0.717) is 0 Å². The maximum absolute atomic E-state index is 10.8. The van der Waals surface area contributed by atoms with Crippen LogP contribution < -0.4 is 0 Å². The summed E-state index contributed by atoms with van der Waals surface area (Å²) in [5.41, 5.74) is 0. The second kappa shape index (κ2) is 8.37. The quantitative estimate of drug-likeness (QED) is 0.338. The molecular formula is C9H16O6. The van der Waals surface area contributed by atoms with Gasteiger partial charge < -0.3 is 24.8 Å². The minimum absolute atomic E-state index is 0.00658. The topological polar surface area (TPSA) is 96.2 Å². The molecule has 0 heterocycles. The van der Waals surface area contributed by atoms with E-state index in [1.54, 1.807) is 0 Å². The van der Waals surface area contributed by atoms with Gasteiger partial charge in [-0.05, 0) is 0 Å². The van der Waals surface area contributed by atoms with Crippen LogP contribution in [-0.4, -0.2) is 59.9 Å². The van der Waals surface area contributed by atoms with E-state index in [4.69, 9.17) is 24.8 Å². The summed E-state index contributed by atoms with van der Waals surface area (Å²) in [6.07, 6.45) is -0.874. The molecule has 0 radical (unpaired) electrons. The third-order valence-corrected chi connectivity index (χ3v) is 1.63. The number of esters is 1. The van der Waals surface area contributed by atoms with Gasteiger partial charge in [0, 0.05) is 6.08 Å². The number of ether oxygens (including phenoxy) is 2. The number of hydrogen-bond acceptors (Lipinski definition) is 6. The van der Waals surface area contributed by atoms with Crippen molar-refractivity contribution in [3.05, 3.63) is 12.7 Å². The molecule has 0 aromatic heterocycles. The van der Waals surface area contributed by atoms with Crippen LogP contribution in [0, 0.1) is 0 Å². The highest BCUT2D eigenvalue weighted by Crippen LogP contribution is 2.04. The minimum atomic E-state index is -0.966. The Morgan fingerprint density at radius 1 is 1.27 bits per heavy atom. The fraction of sp³-hybridized carbons (Fsp3) is 0.667. The summed E-state index contributed by atoms with van der Waals surface area (Å²) >= 11 is 0. The summed E-state index contributed by atoms with van der Waals surface area (Å²) in [6, 6.07) is 0. The van der Waals surface area contributed by atoms with Crippen LogP contribution in [0.2, 0.25) is 0 Å². The van der Waals surface area contributed by atoms with Gasteiger partial charge in [0.25, 0.3) is 0 Å². The van der Waals surface area contributed by atoms with Crippen LogP contribution in [0.1, 0.15) is 0 Å². The molecule has 0 fully saturated rings. The zero-order chi connectivity index (χ0) is 11.7. The first kappa shape index (κ1) is 14.1. The molecule has 6 nitrogen and oxygen atoms in total. The van der Waals surface area contributed by atoms with Gasteiger partial charge in [-0.15, -0.1) is 0 Å². The van der Waals surface area contributed by atoms with Gasteiger partial charge in [0.1, 0.15) is 6.10 Å². The lowest BCUT2D eigenvalue weighted by Crippen LogP contribution is -2.39. The minimum Gasteiger partial charge on any atom is -0.454 e. The van der Waals surface area contributed by atoms with Crippen molar-refractivity contribution < 1.29 is 29.6 Å². The molecule has 2 atom stereocenters. The van der Waals surface area contributed by atoms with Gasteiger partial charge in [-0.1, -0.05) is 6.58 Å². The predicted octanol–water partition coefficient (Wildman–Crippen LogP) is -1.55. The maximum Gasteiger partial charge on any atom is 0.330 e. The van der Waals surface area contributed by atoms with Crippen LogP contribution in [0.25, 0.3) is 0 Å².